The molecule has 0 unspecified atom stereocenters. The van der Waals surface area contributed by atoms with Gasteiger partial charge in [0.2, 0.25) is 0 Å². The molecule has 1 aromatic heterocycles. The molecule has 92 valence electrons. The van der Waals surface area contributed by atoms with Crippen molar-refractivity contribution in [2.45, 2.75) is 19.9 Å². The number of amides is 1. The van der Waals surface area contributed by atoms with Crippen LogP contribution >= 0.6 is 0 Å². The van der Waals surface area contributed by atoms with E-state index in [1.807, 2.05) is 13.8 Å². The summed E-state index contributed by atoms with van der Waals surface area (Å²) in [5.41, 5.74) is 0. The average Bonchev–Trinajstić information content (AvgIpc) is 2.75. The molecule has 0 aliphatic carbocycles. The zero-order chi connectivity index (χ0) is 12.7. The van der Waals surface area contributed by atoms with Crippen LogP contribution in [0.5, 0.6) is 0 Å². The van der Waals surface area contributed by atoms with Crippen molar-refractivity contribution in [1.82, 2.24) is 5.32 Å². The van der Waals surface area contributed by atoms with Crippen molar-refractivity contribution in [2.75, 3.05) is 6.61 Å². The van der Waals surface area contributed by atoms with Crippen LogP contribution in [0.3, 0.4) is 0 Å². The van der Waals surface area contributed by atoms with Crippen LogP contribution in [0.15, 0.2) is 28.9 Å². The molecule has 1 amide bonds. The second kappa shape index (κ2) is 6.52. The molecule has 5 nitrogen and oxygen atoms in total. The molecule has 17 heavy (non-hydrogen) atoms. The standard InChI is InChI=1S/C12H15NO4/c1-9(2)13-11(14)8-17-12(15)6-5-10-4-3-7-16-10/h3-7,9H,8H2,1-2H3,(H,13,14)/b6-5+. The van der Waals surface area contributed by atoms with Crippen molar-refractivity contribution < 1.29 is 18.7 Å². The lowest BCUT2D eigenvalue weighted by Crippen LogP contribution is -2.33. The van der Waals surface area contributed by atoms with Crippen LogP contribution in [0.1, 0.15) is 19.6 Å². The Hall–Kier alpha value is -2.04. The van der Waals surface area contributed by atoms with E-state index in [1.54, 1.807) is 12.1 Å². The zero-order valence-corrected chi connectivity index (χ0v) is 9.80. The highest BCUT2D eigenvalue weighted by Gasteiger charge is 2.05. The van der Waals surface area contributed by atoms with Gasteiger partial charge in [-0.15, -0.1) is 0 Å². The summed E-state index contributed by atoms with van der Waals surface area (Å²) in [7, 11) is 0. The SMILES string of the molecule is CC(C)NC(=O)COC(=O)/C=C/c1ccco1. The Bertz CT molecular complexity index is 393. The van der Waals surface area contributed by atoms with Gasteiger partial charge in [-0.3, -0.25) is 4.79 Å². The third-order valence-corrected chi connectivity index (χ3v) is 1.72. The highest BCUT2D eigenvalue weighted by molar-refractivity contribution is 5.88. The molecule has 0 aliphatic rings. The molecule has 0 saturated carbocycles. The van der Waals surface area contributed by atoms with Gasteiger partial charge in [0.15, 0.2) is 6.61 Å². The van der Waals surface area contributed by atoms with Gasteiger partial charge in [-0.25, -0.2) is 4.79 Å². The first-order valence-electron chi connectivity index (χ1n) is 5.25. The Morgan fingerprint density at radius 1 is 1.53 bits per heavy atom. The number of rotatable bonds is 5. The monoisotopic (exact) mass is 237 g/mol. The van der Waals surface area contributed by atoms with E-state index in [1.165, 1.54) is 18.4 Å². The predicted octanol–water partition coefficient (Wildman–Crippen LogP) is 1.36. The van der Waals surface area contributed by atoms with E-state index in [0.29, 0.717) is 5.76 Å². The lowest BCUT2D eigenvalue weighted by atomic mass is 10.4. The van der Waals surface area contributed by atoms with Crippen molar-refractivity contribution in [3.63, 3.8) is 0 Å². The van der Waals surface area contributed by atoms with Gasteiger partial charge < -0.3 is 14.5 Å². The summed E-state index contributed by atoms with van der Waals surface area (Å²) in [6.07, 6.45) is 4.19. The Labute approximate surface area is 99.4 Å². The molecular weight excluding hydrogens is 222 g/mol. The highest BCUT2D eigenvalue weighted by atomic mass is 16.5. The summed E-state index contributed by atoms with van der Waals surface area (Å²) in [5, 5.41) is 2.61. The number of furan rings is 1. The van der Waals surface area contributed by atoms with Crippen LogP contribution in [0.4, 0.5) is 0 Å². The quantitative estimate of drug-likeness (QED) is 0.620. The van der Waals surface area contributed by atoms with Gasteiger partial charge in [0.25, 0.3) is 5.91 Å². The average molecular weight is 237 g/mol. The van der Waals surface area contributed by atoms with Crippen LogP contribution in [0.2, 0.25) is 0 Å². The van der Waals surface area contributed by atoms with Gasteiger partial charge in [0, 0.05) is 12.1 Å². The van der Waals surface area contributed by atoms with E-state index in [2.05, 4.69) is 5.32 Å². The molecule has 0 aromatic carbocycles. The molecule has 0 aliphatic heterocycles. The highest BCUT2D eigenvalue weighted by Crippen LogP contribution is 2.02. The molecular formula is C12H15NO4. The minimum absolute atomic E-state index is 0.0277. The largest absolute Gasteiger partial charge is 0.465 e. The van der Waals surface area contributed by atoms with E-state index in [4.69, 9.17) is 9.15 Å². The summed E-state index contributed by atoms with van der Waals surface area (Å²) < 4.78 is 9.71. The number of hydrogen-bond donors (Lipinski definition) is 1. The molecule has 0 fully saturated rings. The fourth-order valence-corrected chi connectivity index (χ4v) is 1.08. The smallest absolute Gasteiger partial charge is 0.331 e. The Morgan fingerprint density at radius 3 is 2.88 bits per heavy atom. The van der Waals surface area contributed by atoms with Gasteiger partial charge >= 0.3 is 5.97 Å². The van der Waals surface area contributed by atoms with E-state index in [9.17, 15) is 9.59 Å². The van der Waals surface area contributed by atoms with Crippen LogP contribution in [0, 0.1) is 0 Å². The molecule has 0 radical (unpaired) electrons. The summed E-state index contributed by atoms with van der Waals surface area (Å²) >= 11 is 0. The molecule has 0 bridgehead atoms. The topological polar surface area (TPSA) is 68.5 Å². The molecule has 5 heteroatoms. The molecule has 1 heterocycles. The first-order chi connectivity index (χ1) is 8.08. The van der Waals surface area contributed by atoms with Crippen molar-refractivity contribution in [3.05, 3.63) is 30.2 Å². The lowest BCUT2D eigenvalue weighted by Gasteiger charge is -2.07. The number of nitrogens with one attached hydrogen (secondary N) is 1. The van der Waals surface area contributed by atoms with E-state index < -0.39 is 5.97 Å². The number of ether oxygens (including phenoxy) is 1. The predicted molar refractivity (Wildman–Crippen MR) is 62.0 cm³/mol. The van der Waals surface area contributed by atoms with Crippen LogP contribution in [0.25, 0.3) is 6.08 Å². The van der Waals surface area contributed by atoms with Gasteiger partial charge in [-0.05, 0) is 32.1 Å². The van der Waals surface area contributed by atoms with E-state index in [0.717, 1.165) is 0 Å². The van der Waals surface area contributed by atoms with E-state index >= 15 is 0 Å². The van der Waals surface area contributed by atoms with Crippen LogP contribution in [-0.4, -0.2) is 24.5 Å². The maximum absolute atomic E-state index is 11.2. The van der Waals surface area contributed by atoms with Crippen molar-refractivity contribution in [3.8, 4) is 0 Å². The summed E-state index contributed by atoms with van der Waals surface area (Å²) in [4.78, 5) is 22.4. The van der Waals surface area contributed by atoms with Gasteiger partial charge in [0.05, 0.1) is 6.26 Å². The molecule has 0 atom stereocenters. The number of hydrogen-bond acceptors (Lipinski definition) is 4. The Balaban J connectivity index is 2.28. The van der Waals surface area contributed by atoms with Gasteiger partial charge in [-0.1, -0.05) is 0 Å². The van der Waals surface area contributed by atoms with Crippen molar-refractivity contribution in [2.24, 2.45) is 0 Å². The Morgan fingerprint density at radius 2 is 2.29 bits per heavy atom. The number of carbonyl (C=O) groups excluding carboxylic acids is 2. The maximum Gasteiger partial charge on any atom is 0.331 e. The molecule has 0 saturated heterocycles. The normalized spacial score (nSPS) is 10.8. The minimum atomic E-state index is -0.583. The molecule has 1 N–H and O–H groups in total. The second-order valence-electron chi connectivity index (χ2n) is 3.68. The van der Waals surface area contributed by atoms with Gasteiger partial charge in [0.1, 0.15) is 5.76 Å². The third-order valence-electron chi connectivity index (χ3n) is 1.72. The summed E-state index contributed by atoms with van der Waals surface area (Å²) in [6.45, 7) is 3.38. The second-order valence-corrected chi connectivity index (χ2v) is 3.68. The third kappa shape index (κ3) is 5.55. The van der Waals surface area contributed by atoms with Crippen LogP contribution in [-0.2, 0) is 14.3 Å². The van der Waals surface area contributed by atoms with Crippen molar-refractivity contribution >= 4 is 18.0 Å². The fraction of sp³-hybridized carbons (Fsp3) is 0.333. The maximum atomic E-state index is 11.2. The van der Waals surface area contributed by atoms with Gasteiger partial charge in [-0.2, -0.15) is 0 Å². The van der Waals surface area contributed by atoms with Crippen molar-refractivity contribution in [1.29, 1.82) is 0 Å². The first kappa shape index (κ1) is 13.0. The van der Waals surface area contributed by atoms with E-state index in [-0.39, 0.29) is 18.6 Å². The summed E-state index contributed by atoms with van der Waals surface area (Å²) in [5.74, 6) is -0.353. The zero-order valence-electron chi connectivity index (χ0n) is 9.80. The van der Waals surface area contributed by atoms with Crippen LogP contribution < -0.4 is 5.32 Å². The fourth-order valence-electron chi connectivity index (χ4n) is 1.08. The lowest BCUT2D eigenvalue weighted by molar-refractivity contribution is -0.143. The molecule has 1 aromatic rings. The minimum Gasteiger partial charge on any atom is -0.465 e. The summed E-state index contributed by atoms with van der Waals surface area (Å²) in [6, 6.07) is 3.44. The molecule has 1 rings (SSSR count). The Kier molecular flexibility index (Phi) is 5.00. The number of carbonyl (C=O) groups is 2. The number of esters is 1. The molecule has 0 spiro atoms. The first-order valence-corrected chi connectivity index (χ1v) is 5.25.